The minimum atomic E-state index is 0.0916. The molecule has 98 valence electrons. The Morgan fingerprint density at radius 3 is 2.58 bits per heavy atom. The third-order valence-electron chi connectivity index (χ3n) is 3.07. The van der Waals surface area contributed by atoms with Crippen LogP contribution in [0.25, 0.3) is 0 Å². The van der Waals surface area contributed by atoms with Crippen LogP contribution in [0.4, 0.5) is 0 Å². The van der Waals surface area contributed by atoms with Crippen molar-refractivity contribution in [2.75, 3.05) is 7.11 Å². The lowest BCUT2D eigenvalue weighted by Crippen LogP contribution is -2.05. The molecule has 0 aliphatic rings. The molecule has 1 heterocycles. The number of hydrogen-bond donors (Lipinski definition) is 0. The highest BCUT2D eigenvalue weighted by Crippen LogP contribution is 2.14. The van der Waals surface area contributed by atoms with Crippen LogP contribution in [0.1, 0.15) is 28.0 Å². The monoisotopic (exact) mass is 255 g/mol. The molecule has 0 fully saturated rings. The average Bonchev–Trinajstić information content (AvgIpc) is 2.46. The molecule has 2 rings (SSSR count). The first-order valence-corrected chi connectivity index (χ1v) is 6.28. The van der Waals surface area contributed by atoms with Gasteiger partial charge in [0.05, 0.1) is 7.11 Å². The van der Waals surface area contributed by atoms with Crippen LogP contribution < -0.4 is 4.74 Å². The zero-order valence-corrected chi connectivity index (χ0v) is 11.2. The van der Waals surface area contributed by atoms with E-state index in [9.17, 15) is 4.79 Å². The minimum absolute atomic E-state index is 0.0916. The lowest BCUT2D eigenvalue weighted by atomic mass is 10.0. The van der Waals surface area contributed by atoms with Crippen molar-refractivity contribution in [3.8, 4) is 5.75 Å². The Hall–Kier alpha value is -2.16. The van der Waals surface area contributed by atoms with Gasteiger partial charge in [0.2, 0.25) is 0 Å². The number of pyridine rings is 1. The van der Waals surface area contributed by atoms with Crippen LogP contribution in [0.5, 0.6) is 5.75 Å². The summed E-state index contributed by atoms with van der Waals surface area (Å²) in [5.41, 5.74) is 2.64. The number of hydrogen-bond acceptors (Lipinski definition) is 3. The molecule has 0 bridgehead atoms. The van der Waals surface area contributed by atoms with Gasteiger partial charge in [0.1, 0.15) is 11.4 Å². The fourth-order valence-corrected chi connectivity index (χ4v) is 1.95. The van der Waals surface area contributed by atoms with Crippen molar-refractivity contribution in [1.29, 1.82) is 0 Å². The van der Waals surface area contributed by atoms with Gasteiger partial charge in [0.15, 0.2) is 5.78 Å². The molecule has 0 N–H and O–H groups in total. The molecule has 0 aliphatic carbocycles. The Balaban J connectivity index is 1.98. The normalized spacial score (nSPS) is 10.2. The van der Waals surface area contributed by atoms with Gasteiger partial charge in [-0.2, -0.15) is 0 Å². The second-order valence-corrected chi connectivity index (χ2v) is 4.44. The first-order chi connectivity index (χ1) is 9.20. The van der Waals surface area contributed by atoms with Crippen LogP contribution in [0.2, 0.25) is 0 Å². The molecule has 0 unspecified atom stereocenters. The van der Waals surface area contributed by atoms with E-state index < -0.39 is 0 Å². The van der Waals surface area contributed by atoms with Crippen LogP contribution in [0.3, 0.4) is 0 Å². The van der Waals surface area contributed by atoms with Crippen LogP contribution in [0, 0.1) is 6.92 Å². The third kappa shape index (κ3) is 3.41. The molecule has 1 aromatic heterocycles. The number of rotatable bonds is 5. The zero-order chi connectivity index (χ0) is 13.7. The molecule has 3 nitrogen and oxygen atoms in total. The van der Waals surface area contributed by atoms with Gasteiger partial charge in [-0.25, -0.2) is 0 Å². The Labute approximate surface area is 113 Å². The number of nitrogens with zero attached hydrogens (tertiary/aromatic N) is 1. The van der Waals surface area contributed by atoms with Crippen LogP contribution in [-0.2, 0) is 6.42 Å². The Kier molecular flexibility index (Phi) is 4.29. The SMILES string of the molecule is COc1ccc(CCC(=O)c2ncccc2C)cc1. The number of benzene rings is 1. The van der Waals surface area contributed by atoms with Crippen LogP contribution >= 0.6 is 0 Å². The molecule has 0 radical (unpaired) electrons. The highest BCUT2D eigenvalue weighted by atomic mass is 16.5. The number of methoxy groups -OCH3 is 1. The minimum Gasteiger partial charge on any atom is -0.497 e. The topological polar surface area (TPSA) is 39.2 Å². The summed E-state index contributed by atoms with van der Waals surface area (Å²) in [7, 11) is 1.64. The largest absolute Gasteiger partial charge is 0.497 e. The maximum atomic E-state index is 12.1. The highest BCUT2D eigenvalue weighted by molar-refractivity contribution is 5.95. The number of ether oxygens (including phenoxy) is 1. The molecule has 0 atom stereocenters. The summed E-state index contributed by atoms with van der Waals surface area (Å²) in [4.78, 5) is 16.2. The Morgan fingerprint density at radius 1 is 1.21 bits per heavy atom. The van der Waals surface area contributed by atoms with E-state index in [0.717, 1.165) is 23.3 Å². The van der Waals surface area contributed by atoms with E-state index in [1.807, 2.05) is 43.3 Å². The molecular formula is C16H17NO2. The van der Waals surface area contributed by atoms with E-state index in [-0.39, 0.29) is 5.78 Å². The number of carbonyl (C=O) groups excluding carboxylic acids is 1. The molecule has 3 heteroatoms. The summed E-state index contributed by atoms with van der Waals surface area (Å²) in [6.45, 7) is 1.91. The summed E-state index contributed by atoms with van der Waals surface area (Å²) < 4.78 is 5.10. The quantitative estimate of drug-likeness (QED) is 0.770. The van der Waals surface area contributed by atoms with E-state index in [1.54, 1.807) is 13.3 Å². The van der Waals surface area contributed by atoms with Crippen molar-refractivity contribution in [3.63, 3.8) is 0 Å². The van der Waals surface area contributed by atoms with E-state index in [0.29, 0.717) is 12.1 Å². The van der Waals surface area contributed by atoms with Crippen molar-refractivity contribution in [3.05, 3.63) is 59.4 Å². The molecular weight excluding hydrogens is 238 g/mol. The van der Waals surface area contributed by atoms with Crippen molar-refractivity contribution in [2.45, 2.75) is 19.8 Å². The summed E-state index contributed by atoms with van der Waals surface area (Å²) in [6.07, 6.45) is 2.86. The fraction of sp³-hybridized carbons (Fsp3) is 0.250. The van der Waals surface area contributed by atoms with Crippen molar-refractivity contribution < 1.29 is 9.53 Å². The van der Waals surface area contributed by atoms with Crippen LogP contribution in [0.15, 0.2) is 42.6 Å². The maximum absolute atomic E-state index is 12.1. The highest BCUT2D eigenvalue weighted by Gasteiger charge is 2.10. The molecule has 0 spiro atoms. The van der Waals surface area contributed by atoms with E-state index in [4.69, 9.17) is 4.74 Å². The summed E-state index contributed by atoms with van der Waals surface area (Å²) in [6, 6.07) is 11.5. The summed E-state index contributed by atoms with van der Waals surface area (Å²) >= 11 is 0. The fourth-order valence-electron chi connectivity index (χ4n) is 1.95. The lowest BCUT2D eigenvalue weighted by Gasteiger charge is -2.05. The van der Waals surface area contributed by atoms with Gasteiger partial charge in [-0.15, -0.1) is 0 Å². The van der Waals surface area contributed by atoms with E-state index >= 15 is 0 Å². The smallest absolute Gasteiger partial charge is 0.181 e. The molecule has 2 aromatic rings. The van der Waals surface area contributed by atoms with Gasteiger partial charge in [-0.05, 0) is 42.7 Å². The molecule has 0 aliphatic heterocycles. The summed E-state index contributed by atoms with van der Waals surface area (Å²) in [5, 5.41) is 0. The first-order valence-electron chi connectivity index (χ1n) is 6.28. The number of aromatic nitrogens is 1. The molecule has 0 saturated carbocycles. The lowest BCUT2D eigenvalue weighted by molar-refractivity contribution is 0.0977. The van der Waals surface area contributed by atoms with E-state index in [1.165, 1.54) is 0 Å². The Bertz CT molecular complexity index is 561. The number of ketones is 1. The second-order valence-electron chi connectivity index (χ2n) is 4.44. The van der Waals surface area contributed by atoms with Crippen molar-refractivity contribution >= 4 is 5.78 Å². The van der Waals surface area contributed by atoms with Crippen LogP contribution in [-0.4, -0.2) is 17.9 Å². The third-order valence-corrected chi connectivity index (χ3v) is 3.07. The maximum Gasteiger partial charge on any atom is 0.181 e. The van der Waals surface area contributed by atoms with Gasteiger partial charge in [-0.1, -0.05) is 18.2 Å². The number of Topliss-reactive ketones (excluding diaryl/α,β-unsaturated/α-hetero) is 1. The standard InChI is InChI=1S/C16H17NO2/c1-12-4-3-11-17-16(12)15(18)10-7-13-5-8-14(19-2)9-6-13/h3-6,8-9,11H,7,10H2,1-2H3. The predicted octanol–water partition coefficient (Wildman–Crippen LogP) is 3.21. The zero-order valence-electron chi connectivity index (χ0n) is 11.2. The van der Waals surface area contributed by atoms with Gasteiger partial charge < -0.3 is 4.74 Å². The molecule has 0 amide bonds. The van der Waals surface area contributed by atoms with Crippen molar-refractivity contribution in [2.24, 2.45) is 0 Å². The summed E-state index contributed by atoms with van der Waals surface area (Å²) in [5.74, 6) is 0.921. The van der Waals surface area contributed by atoms with Gasteiger partial charge >= 0.3 is 0 Å². The molecule has 0 saturated heterocycles. The molecule has 1 aromatic carbocycles. The van der Waals surface area contributed by atoms with Gasteiger partial charge in [0.25, 0.3) is 0 Å². The predicted molar refractivity (Wildman–Crippen MR) is 74.6 cm³/mol. The van der Waals surface area contributed by atoms with Gasteiger partial charge in [-0.3, -0.25) is 9.78 Å². The van der Waals surface area contributed by atoms with Crippen molar-refractivity contribution in [1.82, 2.24) is 4.98 Å². The second kappa shape index (κ2) is 6.14. The number of aryl methyl sites for hydroxylation is 2. The van der Waals surface area contributed by atoms with E-state index in [2.05, 4.69) is 4.98 Å². The Morgan fingerprint density at radius 2 is 1.95 bits per heavy atom. The van der Waals surface area contributed by atoms with Gasteiger partial charge in [0, 0.05) is 12.6 Å². The first kappa shape index (κ1) is 13.3. The molecule has 19 heavy (non-hydrogen) atoms. The number of carbonyl (C=O) groups is 1. The average molecular weight is 255 g/mol.